The van der Waals surface area contributed by atoms with Crippen LogP contribution in [0.4, 0.5) is 0 Å². The van der Waals surface area contributed by atoms with Crippen LogP contribution in [0.2, 0.25) is 0 Å². The van der Waals surface area contributed by atoms with E-state index in [1.54, 1.807) is 7.11 Å². The summed E-state index contributed by atoms with van der Waals surface area (Å²) < 4.78 is 10.9. The smallest absolute Gasteiger partial charge is 0.122 e. The Morgan fingerprint density at radius 1 is 1.25 bits per heavy atom. The predicted molar refractivity (Wildman–Crippen MR) is 81.5 cm³/mol. The number of aliphatic hydroxyl groups is 1. The van der Waals surface area contributed by atoms with E-state index < -0.39 is 0 Å². The van der Waals surface area contributed by atoms with Crippen molar-refractivity contribution in [2.75, 3.05) is 26.9 Å². The van der Waals surface area contributed by atoms with Crippen LogP contribution >= 0.6 is 0 Å². The zero-order valence-corrected chi connectivity index (χ0v) is 12.8. The monoisotopic (exact) mass is 281 g/mol. The number of methoxy groups -OCH3 is 1. The number of hydrogen-bond acceptors (Lipinski definition) is 4. The summed E-state index contributed by atoms with van der Waals surface area (Å²) in [6.07, 6.45) is 2.72. The Balaban J connectivity index is 2.39. The Morgan fingerprint density at radius 2 is 2.00 bits per heavy atom. The van der Waals surface area contributed by atoms with Crippen LogP contribution in [0.1, 0.15) is 33.1 Å². The molecule has 0 saturated heterocycles. The first-order valence-electron chi connectivity index (χ1n) is 7.32. The van der Waals surface area contributed by atoms with Crippen LogP contribution in [0, 0.1) is 0 Å². The number of rotatable bonds is 10. The molecule has 0 aliphatic heterocycles. The normalized spacial score (nSPS) is 13.8. The average Bonchev–Trinajstić information content (AvgIpc) is 2.50. The van der Waals surface area contributed by atoms with Crippen molar-refractivity contribution in [1.82, 2.24) is 5.32 Å². The molecule has 0 fully saturated rings. The zero-order valence-electron chi connectivity index (χ0n) is 12.8. The van der Waals surface area contributed by atoms with Gasteiger partial charge < -0.3 is 19.9 Å². The van der Waals surface area contributed by atoms with E-state index in [1.807, 2.05) is 24.3 Å². The van der Waals surface area contributed by atoms with Gasteiger partial charge in [0.05, 0.1) is 20.3 Å². The molecule has 1 atom stereocenters. The van der Waals surface area contributed by atoms with Crippen LogP contribution in [0.5, 0.6) is 11.5 Å². The molecule has 0 aliphatic rings. The number of benzene rings is 1. The fourth-order valence-corrected chi connectivity index (χ4v) is 2.30. The summed E-state index contributed by atoms with van der Waals surface area (Å²) in [5.74, 6) is 1.62. The molecule has 1 aromatic carbocycles. The van der Waals surface area contributed by atoms with Gasteiger partial charge in [-0.3, -0.25) is 0 Å². The first kappa shape index (κ1) is 16.8. The second-order valence-corrected chi connectivity index (χ2v) is 4.95. The number of hydrogen-bond donors (Lipinski definition) is 2. The van der Waals surface area contributed by atoms with E-state index in [2.05, 4.69) is 19.2 Å². The minimum atomic E-state index is -0.174. The molecule has 0 aromatic heterocycles. The molecule has 20 heavy (non-hydrogen) atoms. The second-order valence-electron chi connectivity index (χ2n) is 4.95. The molecule has 0 aliphatic carbocycles. The van der Waals surface area contributed by atoms with Gasteiger partial charge >= 0.3 is 0 Å². The van der Waals surface area contributed by atoms with Crippen molar-refractivity contribution in [3.05, 3.63) is 24.3 Å². The van der Waals surface area contributed by atoms with E-state index in [0.717, 1.165) is 37.3 Å². The molecule has 0 amide bonds. The highest BCUT2D eigenvalue weighted by molar-refractivity contribution is 5.32. The molecule has 0 bridgehead atoms. The maximum absolute atomic E-state index is 9.57. The summed E-state index contributed by atoms with van der Waals surface area (Å²) >= 11 is 0. The summed E-state index contributed by atoms with van der Waals surface area (Å²) in [7, 11) is 1.65. The van der Waals surface area contributed by atoms with Gasteiger partial charge in [0.2, 0.25) is 0 Å². The lowest BCUT2D eigenvalue weighted by atomic mass is 9.91. The van der Waals surface area contributed by atoms with Crippen molar-refractivity contribution in [2.24, 2.45) is 0 Å². The standard InChI is InChI=1S/C16H27NO3/c1-4-16(13-18,17-5-2)10-7-11-20-15-9-6-8-14(12-15)19-3/h6,8-9,12,17-18H,4-5,7,10-11,13H2,1-3H3. The molecule has 114 valence electrons. The van der Waals surface area contributed by atoms with E-state index in [1.165, 1.54) is 0 Å². The molecule has 0 heterocycles. The Labute approximate surface area is 122 Å². The van der Waals surface area contributed by atoms with Crippen LogP contribution in [-0.4, -0.2) is 37.5 Å². The zero-order chi connectivity index (χ0) is 14.8. The van der Waals surface area contributed by atoms with E-state index >= 15 is 0 Å². The molecule has 0 spiro atoms. The van der Waals surface area contributed by atoms with Gasteiger partial charge in [0.15, 0.2) is 0 Å². The van der Waals surface area contributed by atoms with Gasteiger partial charge in [-0.25, -0.2) is 0 Å². The maximum Gasteiger partial charge on any atom is 0.122 e. The molecule has 1 unspecified atom stereocenters. The molecular weight excluding hydrogens is 254 g/mol. The lowest BCUT2D eigenvalue weighted by Gasteiger charge is -2.31. The summed E-state index contributed by atoms with van der Waals surface area (Å²) in [6.45, 7) is 5.83. The van der Waals surface area contributed by atoms with Crippen molar-refractivity contribution in [2.45, 2.75) is 38.6 Å². The maximum atomic E-state index is 9.57. The molecule has 1 rings (SSSR count). The van der Waals surface area contributed by atoms with Gasteiger partial charge in [0.1, 0.15) is 11.5 Å². The minimum absolute atomic E-state index is 0.163. The van der Waals surface area contributed by atoms with Crippen LogP contribution < -0.4 is 14.8 Å². The molecular formula is C16H27NO3. The minimum Gasteiger partial charge on any atom is -0.497 e. The summed E-state index contributed by atoms with van der Waals surface area (Å²) in [5, 5.41) is 13.0. The van der Waals surface area contributed by atoms with Crippen molar-refractivity contribution in [3.8, 4) is 11.5 Å². The van der Waals surface area contributed by atoms with Crippen molar-refractivity contribution in [1.29, 1.82) is 0 Å². The number of aliphatic hydroxyl groups excluding tert-OH is 1. The summed E-state index contributed by atoms with van der Waals surface area (Å²) in [5.41, 5.74) is -0.174. The Morgan fingerprint density at radius 3 is 2.60 bits per heavy atom. The molecule has 1 aromatic rings. The van der Waals surface area contributed by atoms with Crippen molar-refractivity contribution >= 4 is 0 Å². The fraction of sp³-hybridized carbons (Fsp3) is 0.625. The molecule has 2 N–H and O–H groups in total. The van der Waals surface area contributed by atoms with Gasteiger partial charge in [-0.1, -0.05) is 19.9 Å². The van der Waals surface area contributed by atoms with Crippen molar-refractivity contribution in [3.63, 3.8) is 0 Å². The third-order valence-electron chi connectivity index (χ3n) is 3.64. The largest absolute Gasteiger partial charge is 0.497 e. The van der Waals surface area contributed by atoms with Gasteiger partial charge in [-0.2, -0.15) is 0 Å². The SMILES string of the molecule is CCNC(CC)(CO)CCCOc1cccc(OC)c1. The van der Waals surface area contributed by atoms with Crippen LogP contribution in [-0.2, 0) is 0 Å². The third-order valence-corrected chi connectivity index (χ3v) is 3.64. The average molecular weight is 281 g/mol. The van der Waals surface area contributed by atoms with Gasteiger partial charge in [-0.15, -0.1) is 0 Å². The lowest BCUT2D eigenvalue weighted by molar-refractivity contribution is 0.139. The molecule has 4 heteroatoms. The fourth-order valence-electron chi connectivity index (χ4n) is 2.30. The van der Waals surface area contributed by atoms with E-state index in [9.17, 15) is 5.11 Å². The van der Waals surface area contributed by atoms with E-state index in [-0.39, 0.29) is 12.1 Å². The number of nitrogens with one attached hydrogen (secondary N) is 1. The van der Waals surface area contributed by atoms with Crippen molar-refractivity contribution < 1.29 is 14.6 Å². The predicted octanol–water partition coefficient (Wildman–Crippen LogP) is 2.60. The first-order valence-corrected chi connectivity index (χ1v) is 7.32. The molecule has 4 nitrogen and oxygen atoms in total. The van der Waals surface area contributed by atoms with E-state index in [0.29, 0.717) is 6.61 Å². The Bertz CT molecular complexity index is 378. The van der Waals surface area contributed by atoms with Gasteiger partial charge in [0, 0.05) is 11.6 Å². The summed E-state index contributed by atoms with van der Waals surface area (Å²) in [6, 6.07) is 7.61. The van der Waals surface area contributed by atoms with Gasteiger partial charge in [-0.05, 0) is 37.9 Å². The number of likely N-dealkylation sites (N-methyl/N-ethyl adjacent to an activating group) is 1. The third kappa shape index (κ3) is 5.02. The van der Waals surface area contributed by atoms with Crippen LogP contribution in [0.15, 0.2) is 24.3 Å². The van der Waals surface area contributed by atoms with Crippen LogP contribution in [0.3, 0.4) is 0 Å². The number of ether oxygens (including phenoxy) is 2. The van der Waals surface area contributed by atoms with E-state index in [4.69, 9.17) is 9.47 Å². The topological polar surface area (TPSA) is 50.7 Å². The first-order chi connectivity index (χ1) is 9.69. The second kappa shape index (κ2) is 8.82. The Kier molecular flexibility index (Phi) is 7.41. The highest BCUT2D eigenvalue weighted by atomic mass is 16.5. The molecule has 0 radical (unpaired) electrons. The molecule has 0 saturated carbocycles. The highest BCUT2D eigenvalue weighted by Crippen LogP contribution is 2.20. The lowest BCUT2D eigenvalue weighted by Crippen LogP contribution is -2.48. The highest BCUT2D eigenvalue weighted by Gasteiger charge is 2.25. The van der Waals surface area contributed by atoms with Crippen LogP contribution in [0.25, 0.3) is 0 Å². The quantitative estimate of drug-likeness (QED) is 0.647. The summed E-state index contributed by atoms with van der Waals surface area (Å²) in [4.78, 5) is 0. The Hall–Kier alpha value is -1.26. The van der Waals surface area contributed by atoms with Gasteiger partial charge in [0.25, 0.3) is 0 Å².